The molecule has 0 fully saturated rings. The lowest BCUT2D eigenvalue weighted by molar-refractivity contribution is 0.102. The summed E-state index contributed by atoms with van der Waals surface area (Å²) in [7, 11) is 3.09. The van der Waals surface area contributed by atoms with Crippen LogP contribution in [0.4, 0.5) is 9.52 Å². The summed E-state index contributed by atoms with van der Waals surface area (Å²) in [5.41, 5.74) is 0.582. The Morgan fingerprint density at radius 2 is 2.00 bits per heavy atom. The summed E-state index contributed by atoms with van der Waals surface area (Å²) < 4.78 is 24.9. The molecule has 0 aliphatic rings. The van der Waals surface area contributed by atoms with E-state index in [0.29, 0.717) is 22.1 Å². The van der Waals surface area contributed by atoms with Gasteiger partial charge in [-0.15, -0.1) is 0 Å². The molecule has 23 heavy (non-hydrogen) atoms. The van der Waals surface area contributed by atoms with E-state index < -0.39 is 11.7 Å². The number of nitrogens with one attached hydrogen (secondary N) is 1. The van der Waals surface area contributed by atoms with E-state index in [9.17, 15) is 9.18 Å². The summed E-state index contributed by atoms with van der Waals surface area (Å²) >= 11 is 1.26. The van der Waals surface area contributed by atoms with Crippen LogP contribution < -0.4 is 14.8 Å². The molecule has 0 bridgehead atoms. The van der Waals surface area contributed by atoms with E-state index in [1.165, 1.54) is 36.6 Å². The van der Waals surface area contributed by atoms with E-state index in [1.807, 2.05) is 0 Å². The molecule has 0 aliphatic carbocycles. The van der Waals surface area contributed by atoms with E-state index in [2.05, 4.69) is 10.3 Å². The van der Waals surface area contributed by atoms with E-state index in [4.69, 9.17) is 9.47 Å². The van der Waals surface area contributed by atoms with E-state index in [0.717, 1.165) is 4.70 Å². The van der Waals surface area contributed by atoms with E-state index in [1.54, 1.807) is 25.3 Å². The number of hydrogen-bond donors (Lipinski definition) is 1. The van der Waals surface area contributed by atoms with Crippen LogP contribution in [0.15, 0.2) is 36.4 Å². The molecular formula is C16H13FN2O3S. The van der Waals surface area contributed by atoms with Crippen molar-refractivity contribution in [3.63, 3.8) is 0 Å². The van der Waals surface area contributed by atoms with Gasteiger partial charge in [-0.3, -0.25) is 10.1 Å². The largest absolute Gasteiger partial charge is 0.497 e. The number of carbonyl (C=O) groups excluding carboxylic acids is 1. The zero-order chi connectivity index (χ0) is 16.4. The number of amides is 1. The number of benzene rings is 2. The predicted octanol–water partition coefficient (Wildman–Crippen LogP) is 3.70. The van der Waals surface area contributed by atoms with Gasteiger partial charge in [0, 0.05) is 6.07 Å². The Hall–Kier alpha value is -2.67. The molecule has 0 unspecified atom stereocenters. The molecule has 0 aliphatic heterocycles. The maximum absolute atomic E-state index is 13.7. The minimum Gasteiger partial charge on any atom is -0.497 e. The number of halogens is 1. The fourth-order valence-electron chi connectivity index (χ4n) is 2.11. The first-order valence-corrected chi connectivity index (χ1v) is 7.52. The number of rotatable bonds is 4. The third kappa shape index (κ3) is 2.95. The van der Waals surface area contributed by atoms with Crippen molar-refractivity contribution in [2.45, 2.75) is 0 Å². The number of nitrogens with zero attached hydrogens (tertiary/aromatic N) is 1. The van der Waals surface area contributed by atoms with Crippen LogP contribution in [0.5, 0.6) is 11.5 Å². The topological polar surface area (TPSA) is 60.5 Å². The number of methoxy groups -OCH3 is 2. The normalized spacial score (nSPS) is 10.6. The van der Waals surface area contributed by atoms with Crippen LogP contribution in [-0.4, -0.2) is 25.1 Å². The molecule has 0 spiro atoms. The summed E-state index contributed by atoms with van der Waals surface area (Å²) in [6.45, 7) is 0. The average Bonchev–Trinajstić information content (AvgIpc) is 2.96. The SMILES string of the molecule is COc1cc(OC)c2nc(NC(=O)c3ccccc3F)sc2c1. The highest BCUT2D eigenvalue weighted by Crippen LogP contribution is 2.36. The fourth-order valence-corrected chi connectivity index (χ4v) is 3.02. The molecule has 0 radical (unpaired) electrons. The Kier molecular flexibility index (Phi) is 4.12. The maximum atomic E-state index is 13.7. The van der Waals surface area contributed by atoms with Gasteiger partial charge in [-0.1, -0.05) is 23.5 Å². The lowest BCUT2D eigenvalue weighted by Crippen LogP contribution is -2.13. The Morgan fingerprint density at radius 3 is 2.70 bits per heavy atom. The minimum absolute atomic E-state index is 0.0312. The summed E-state index contributed by atoms with van der Waals surface area (Å²) in [5, 5.41) is 2.97. The molecule has 5 nitrogen and oxygen atoms in total. The quantitative estimate of drug-likeness (QED) is 0.791. The predicted molar refractivity (Wildman–Crippen MR) is 87.1 cm³/mol. The van der Waals surface area contributed by atoms with Gasteiger partial charge < -0.3 is 9.47 Å². The first-order chi connectivity index (χ1) is 11.1. The van der Waals surface area contributed by atoms with Crippen LogP contribution >= 0.6 is 11.3 Å². The van der Waals surface area contributed by atoms with Gasteiger partial charge in [0.25, 0.3) is 5.91 Å². The Bertz CT molecular complexity index is 879. The van der Waals surface area contributed by atoms with Crippen molar-refractivity contribution >= 4 is 32.6 Å². The highest BCUT2D eigenvalue weighted by molar-refractivity contribution is 7.22. The number of aromatic nitrogens is 1. The standard InChI is InChI=1S/C16H13FN2O3S/c1-21-9-7-12(22-2)14-13(8-9)23-16(18-14)19-15(20)10-5-3-4-6-11(10)17/h3-8H,1-2H3,(H,18,19,20). The molecule has 2 aromatic carbocycles. The van der Waals surface area contributed by atoms with Crippen molar-refractivity contribution in [3.05, 3.63) is 47.8 Å². The Labute approximate surface area is 135 Å². The van der Waals surface area contributed by atoms with Gasteiger partial charge in [-0.2, -0.15) is 0 Å². The first kappa shape index (κ1) is 15.2. The molecule has 1 aromatic heterocycles. The van der Waals surface area contributed by atoms with Crippen molar-refractivity contribution in [3.8, 4) is 11.5 Å². The Morgan fingerprint density at radius 1 is 1.22 bits per heavy atom. The molecule has 0 saturated carbocycles. The number of thiazole rings is 1. The second-order valence-electron chi connectivity index (χ2n) is 4.63. The van der Waals surface area contributed by atoms with Gasteiger partial charge in [0.1, 0.15) is 22.8 Å². The minimum atomic E-state index is -0.578. The smallest absolute Gasteiger partial charge is 0.260 e. The van der Waals surface area contributed by atoms with Crippen molar-refractivity contribution in [2.24, 2.45) is 0 Å². The van der Waals surface area contributed by atoms with E-state index >= 15 is 0 Å². The molecule has 1 N–H and O–H groups in total. The average molecular weight is 332 g/mol. The molecule has 3 rings (SSSR count). The molecule has 1 heterocycles. The van der Waals surface area contributed by atoms with Crippen LogP contribution in [0.1, 0.15) is 10.4 Å². The third-order valence-electron chi connectivity index (χ3n) is 3.23. The number of anilines is 1. The molecule has 118 valence electrons. The molecule has 1 amide bonds. The number of carbonyl (C=O) groups is 1. The van der Waals surface area contributed by atoms with Crippen molar-refractivity contribution in [1.29, 1.82) is 0 Å². The lowest BCUT2D eigenvalue weighted by atomic mass is 10.2. The summed E-state index contributed by atoms with van der Waals surface area (Å²) in [6.07, 6.45) is 0. The second kappa shape index (κ2) is 6.21. The molecule has 0 atom stereocenters. The molecule has 7 heteroatoms. The van der Waals surface area contributed by atoms with Crippen LogP contribution in [0.2, 0.25) is 0 Å². The highest BCUT2D eigenvalue weighted by atomic mass is 32.1. The first-order valence-electron chi connectivity index (χ1n) is 6.71. The van der Waals surface area contributed by atoms with Gasteiger partial charge >= 0.3 is 0 Å². The summed E-state index contributed by atoms with van der Waals surface area (Å²) in [6, 6.07) is 9.30. The van der Waals surface area contributed by atoms with Crippen LogP contribution in [0, 0.1) is 5.82 Å². The number of fused-ring (bicyclic) bond motifs is 1. The van der Waals surface area contributed by atoms with Gasteiger partial charge in [0.05, 0.1) is 24.5 Å². The fraction of sp³-hybridized carbons (Fsp3) is 0.125. The van der Waals surface area contributed by atoms with Crippen LogP contribution in [-0.2, 0) is 0 Å². The zero-order valence-electron chi connectivity index (χ0n) is 12.4. The monoisotopic (exact) mass is 332 g/mol. The number of ether oxygens (including phenoxy) is 2. The maximum Gasteiger partial charge on any atom is 0.260 e. The molecular weight excluding hydrogens is 319 g/mol. The van der Waals surface area contributed by atoms with Crippen molar-refractivity contribution in [1.82, 2.24) is 4.98 Å². The highest BCUT2D eigenvalue weighted by Gasteiger charge is 2.16. The third-order valence-corrected chi connectivity index (χ3v) is 4.15. The summed E-state index contributed by atoms with van der Waals surface area (Å²) in [5.74, 6) is 0.0467. The van der Waals surface area contributed by atoms with Gasteiger partial charge in [-0.05, 0) is 18.2 Å². The van der Waals surface area contributed by atoms with Gasteiger partial charge in [-0.25, -0.2) is 9.37 Å². The number of hydrogen-bond acceptors (Lipinski definition) is 5. The van der Waals surface area contributed by atoms with Crippen molar-refractivity contribution in [2.75, 3.05) is 19.5 Å². The summed E-state index contributed by atoms with van der Waals surface area (Å²) in [4.78, 5) is 16.5. The zero-order valence-corrected chi connectivity index (χ0v) is 13.2. The van der Waals surface area contributed by atoms with Gasteiger partial charge in [0.15, 0.2) is 5.13 Å². The second-order valence-corrected chi connectivity index (χ2v) is 5.66. The molecule has 0 saturated heterocycles. The Balaban J connectivity index is 1.95. The van der Waals surface area contributed by atoms with Gasteiger partial charge in [0.2, 0.25) is 0 Å². The molecule has 3 aromatic rings. The van der Waals surface area contributed by atoms with Crippen LogP contribution in [0.3, 0.4) is 0 Å². The van der Waals surface area contributed by atoms with Crippen molar-refractivity contribution < 1.29 is 18.7 Å². The van der Waals surface area contributed by atoms with E-state index in [-0.39, 0.29) is 5.56 Å². The lowest BCUT2D eigenvalue weighted by Gasteiger charge is -2.04. The van der Waals surface area contributed by atoms with Crippen LogP contribution in [0.25, 0.3) is 10.2 Å².